The molecule has 1 heteroatoms. The van der Waals surface area contributed by atoms with Crippen LogP contribution in [-0.4, -0.2) is 5.78 Å². The SMILES string of the molecule is CC(=O)/C=C/[C@@H]1CC=C(C)C1(C)C. The molecule has 0 unspecified atom stereocenters. The molecule has 1 atom stereocenters. The summed E-state index contributed by atoms with van der Waals surface area (Å²) in [6, 6.07) is 0. The molecule has 0 saturated carbocycles. The molecule has 0 heterocycles. The molecule has 0 aromatic rings. The van der Waals surface area contributed by atoms with E-state index >= 15 is 0 Å². The Hall–Kier alpha value is -0.850. The van der Waals surface area contributed by atoms with Crippen LogP contribution in [-0.2, 0) is 4.79 Å². The van der Waals surface area contributed by atoms with E-state index < -0.39 is 0 Å². The Morgan fingerprint density at radius 2 is 2.23 bits per heavy atom. The van der Waals surface area contributed by atoms with Gasteiger partial charge in [-0.2, -0.15) is 0 Å². The van der Waals surface area contributed by atoms with E-state index in [-0.39, 0.29) is 11.2 Å². The quantitative estimate of drug-likeness (QED) is 0.469. The van der Waals surface area contributed by atoms with Crippen LogP contribution >= 0.6 is 0 Å². The van der Waals surface area contributed by atoms with Crippen molar-refractivity contribution in [2.45, 2.75) is 34.1 Å². The van der Waals surface area contributed by atoms with E-state index in [2.05, 4.69) is 32.9 Å². The first-order valence-electron chi connectivity index (χ1n) is 4.80. The third-order valence-electron chi connectivity index (χ3n) is 3.18. The van der Waals surface area contributed by atoms with Gasteiger partial charge in [0.15, 0.2) is 5.78 Å². The predicted octanol–water partition coefficient (Wildman–Crippen LogP) is 3.12. The number of rotatable bonds is 2. The van der Waals surface area contributed by atoms with Gasteiger partial charge in [0.05, 0.1) is 0 Å². The van der Waals surface area contributed by atoms with Crippen LogP contribution in [0.5, 0.6) is 0 Å². The van der Waals surface area contributed by atoms with Gasteiger partial charge in [0.2, 0.25) is 0 Å². The van der Waals surface area contributed by atoms with Crippen molar-refractivity contribution in [2.75, 3.05) is 0 Å². The summed E-state index contributed by atoms with van der Waals surface area (Å²) in [6.45, 7) is 8.24. The molecule has 0 bridgehead atoms. The monoisotopic (exact) mass is 178 g/mol. The van der Waals surface area contributed by atoms with Gasteiger partial charge in [-0.05, 0) is 37.7 Å². The van der Waals surface area contributed by atoms with Crippen molar-refractivity contribution in [2.24, 2.45) is 11.3 Å². The van der Waals surface area contributed by atoms with Gasteiger partial charge >= 0.3 is 0 Å². The Morgan fingerprint density at radius 1 is 1.62 bits per heavy atom. The van der Waals surface area contributed by atoms with Crippen LogP contribution < -0.4 is 0 Å². The number of hydrogen-bond acceptors (Lipinski definition) is 1. The Morgan fingerprint density at radius 3 is 2.62 bits per heavy atom. The first kappa shape index (κ1) is 10.2. The highest BCUT2D eigenvalue weighted by Gasteiger charge is 2.32. The zero-order chi connectivity index (χ0) is 10.1. The highest BCUT2D eigenvalue weighted by molar-refractivity contribution is 5.87. The summed E-state index contributed by atoms with van der Waals surface area (Å²) in [7, 11) is 0. The highest BCUT2D eigenvalue weighted by atomic mass is 16.1. The van der Waals surface area contributed by atoms with E-state index in [4.69, 9.17) is 0 Å². The second kappa shape index (κ2) is 3.49. The maximum Gasteiger partial charge on any atom is 0.152 e. The summed E-state index contributed by atoms with van der Waals surface area (Å²) in [5.41, 5.74) is 1.66. The van der Waals surface area contributed by atoms with Crippen molar-refractivity contribution in [1.82, 2.24) is 0 Å². The Bertz CT molecular complexity index is 269. The number of carbonyl (C=O) groups excluding carboxylic acids is 1. The van der Waals surface area contributed by atoms with Gasteiger partial charge in [-0.3, -0.25) is 4.79 Å². The topological polar surface area (TPSA) is 17.1 Å². The minimum Gasteiger partial charge on any atom is -0.295 e. The molecule has 0 aliphatic heterocycles. The van der Waals surface area contributed by atoms with Crippen molar-refractivity contribution in [1.29, 1.82) is 0 Å². The summed E-state index contributed by atoms with van der Waals surface area (Å²) in [6.07, 6.45) is 7.09. The Labute approximate surface area is 80.5 Å². The van der Waals surface area contributed by atoms with E-state index in [1.54, 1.807) is 13.0 Å². The molecular weight excluding hydrogens is 160 g/mol. The second-order valence-corrected chi connectivity index (χ2v) is 4.42. The molecule has 1 rings (SSSR count). The molecule has 0 N–H and O–H groups in total. The molecule has 0 amide bonds. The smallest absolute Gasteiger partial charge is 0.152 e. The fourth-order valence-electron chi connectivity index (χ4n) is 1.72. The van der Waals surface area contributed by atoms with Gasteiger partial charge in [-0.15, -0.1) is 0 Å². The predicted molar refractivity (Wildman–Crippen MR) is 55.5 cm³/mol. The van der Waals surface area contributed by atoms with Crippen LogP contribution in [0.4, 0.5) is 0 Å². The lowest BCUT2D eigenvalue weighted by molar-refractivity contribution is -0.112. The minimum absolute atomic E-state index is 0.139. The zero-order valence-electron chi connectivity index (χ0n) is 8.92. The number of ketones is 1. The molecule has 13 heavy (non-hydrogen) atoms. The standard InChI is InChI=1S/C12H18O/c1-9-5-7-11(12(9,3)4)8-6-10(2)13/h5-6,8,11H,7H2,1-4H3/b8-6+/t11-/m0/s1. The van der Waals surface area contributed by atoms with Gasteiger partial charge in [-0.1, -0.05) is 31.6 Å². The maximum atomic E-state index is 10.8. The first-order valence-corrected chi connectivity index (χ1v) is 4.80. The highest BCUT2D eigenvalue weighted by Crippen LogP contribution is 2.43. The van der Waals surface area contributed by atoms with Crippen LogP contribution in [0.1, 0.15) is 34.1 Å². The van der Waals surface area contributed by atoms with Gasteiger partial charge < -0.3 is 0 Å². The zero-order valence-corrected chi connectivity index (χ0v) is 8.92. The fraction of sp³-hybridized carbons (Fsp3) is 0.583. The van der Waals surface area contributed by atoms with Gasteiger partial charge in [0.1, 0.15) is 0 Å². The van der Waals surface area contributed by atoms with Gasteiger partial charge in [0.25, 0.3) is 0 Å². The lowest BCUT2D eigenvalue weighted by atomic mass is 9.77. The lowest BCUT2D eigenvalue weighted by Crippen LogP contribution is -2.18. The number of carbonyl (C=O) groups is 1. The van der Waals surface area contributed by atoms with Crippen LogP contribution in [0.2, 0.25) is 0 Å². The Kier molecular flexibility index (Phi) is 2.74. The van der Waals surface area contributed by atoms with E-state index in [1.165, 1.54) is 5.57 Å². The van der Waals surface area contributed by atoms with Gasteiger partial charge in [-0.25, -0.2) is 0 Å². The fourth-order valence-corrected chi connectivity index (χ4v) is 1.72. The lowest BCUT2D eigenvalue weighted by Gasteiger charge is -2.27. The average molecular weight is 178 g/mol. The summed E-state index contributed by atoms with van der Waals surface area (Å²) in [5, 5.41) is 0. The van der Waals surface area contributed by atoms with E-state index in [0.717, 1.165) is 6.42 Å². The summed E-state index contributed by atoms with van der Waals surface area (Å²) >= 11 is 0. The molecule has 1 nitrogen and oxygen atoms in total. The van der Waals surface area contributed by atoms with Crippen molar-refractivity contribution in [3.8, 4) is 0 Å². The Balaban J connectivity index is 2.72. The molecular formula is C12H18O. The van der Waals surface area contributed by atoms with Crippen LogP contribution in [0, 0.1) is 11.3 Å². The van der Waals surface area contributed by atoms with Crippen LogP contribution in [0.25, 0.3) is 0 Å². The van der Waals surface area contributed by atoms with E-state index in [1.807, 2.05) is 0 Å². The largest absolute Gasteiger partial charge is 0.295 e. The molecule has 0 aromatic heterocycles. The maximum absolute atomic E-state index is 10.8. The number of hydrogen-bond donors (Lipinski definition) is 0. The molecule has 0 fully saturated rings. The minimum atomic E-state index is 0.139. The first-order chi connectivity index (χ1) is 5.94. The van der Waals surface area contributed by atoms with Crippen molar-refractivity contribution < 1.29 is 4.79 Å². The molecule has 0 spiro atoms. The molecule has 72 valence electrons. The summed E-state index contributed by atoms with van der Waals surface area (Å²) in [4.78, 5) is 10.8. The average Bonchev–Trinajstić information content (AvgIpc) is 2.25. The number of allylic oxidation sites excluding steroid dienone is 4. The van der Waals surface area contributed by atoms with Crippen LogP contribution in [0.15, 0.2) is 23.8 Å². The van der Waals surface area contributed by atoms with Crippen molar-refractivity contribution >= 4 is 5.78 Å². The molecule has 0 radical (unpaired) electrons. The van der Waals surface area contributed by atoms with Crippen LogP contribution in [0.3, 0.4) is 0 Å². The third kappa shape index (κ3) is 2.09. The van der Waals surface area contributed by atoms with E-state index in [9.17, 15) is 4.79 Å². The molecule has 0 aromatic carbocycles. The molecule has 1 aliphatic carbocycles. The van der Waals surface area contributed by atoms with Gasteiger partial charge in [0, 0.05) is 0 Å². The third-order valence-corrected chi connectivity index (χ3v) is 3.18. The van der Waals surface area contributed by atoms with Crippen molar-refractivity contribution in [3.05, 3.63) is 23.8 Å². The van der Waals surface area contributed by atoms with E-state index in [0.29, 0.717) is 5.92 Å². The van der Waals surface area contributed by atoms with Crippen molar-refractivity contribution in [3.63, 3.8) is 0 Å². The normalized spacial score (nSPS) is 26.5. The molecule has 0 saturated heterocycles. The second-order valence-electron chi connectivity index (χ2n) is 4.42. The summed E-state index contributed by atoms with van der Waals surface area (Å²) in [5.74, 6) is 0.636. The molecule has 1 aliphatic rings. The summed E-state index contributed by atoms with van der Waals surface area (Å²) < 4.78 is 0.